The van der Waals surface area contributed by atoms with Gasteiger partial charge in [-0.1, -0.05) is 0 Å². The molecule has 3 rings (SSSR count). The third-order valence-corrected chi connectivity index (χ3v) is 3.96. The van der Waals surface area contributed by atoms with Crippen LogP contribution < -0.4 is 5.01 Å². The van der Waals surface area contributed by atoms with Gasteiger partial charge in [-0.05, 0) is 48.5 Å². The van der Waals surface area contributed by atoms with E-state index < -0.39 is 17.9 Å². The Kier molecular flexibility index (Phi) is 4.86. The third-order valence-electron chi connectivity index (χ3n) is 3.36. The van der Waals surface area contributed by atoms with Gasteiger partial charge < -0.3 is 5.11 Å². The van der Waals surface area contributed by atoms with E-state index in [-0.39, 0.29) is 5.71 Å². The van der Waals surface area contributed by atoms with Crippen molar-refractivity contribution in [3.05, 3.63) is 48.5 Å². The Hall–Kier alpha value is -2.65. The summed E-state index contributed by atoms with van der Waals surface area (Å²) in [6.45, 7) is 0. The second-order valence-electron chi connectivity index (χ2n) is 5.09. The zero-order valence-corrected chi connectivity index (χ0v) is 14.4. The number of hydrazone groups is 1. The molecule has 0 aliphatic carbocycles. The molecule has 1 heterocycles. The highest BCUT2D eigenvalue weighted by Crippen LogP contribution is 2.25. The molecule has 2 aromatic carbocycles. The van der Waals surface area contributed by atoms with Gasteiger partial charge in [0.15, 0.2) is 5.71 Å². The van der Waals surface area contributed by atoms with Crippen molar-refractivity contribution in [2.75, 3.05) is 5.01 Å². The number of carbonyl (C=O) groups is 2. The fraction of sp³-hybridized carbons (Fsp3) is 0.0625. The van der Waals surface area contributed by atoms with Crippen LogP contribution in [0.15, 0.2) is 73.7 Å². The Morgan fingerprint density at radius 3 is 2.16 bits per heavy atom. The minimum atomic E-state index is -1.32. The summed E-state index contributed by atoms with van der Waals surface area (Å²) < 4.78 is 0. The van der Waals surface area contributed by atoms with Crippen molar-refractivity contribution < 1.29 is 14.7 Å². The lowest BCUT2D eigenvalue weighted by Crippen LogP contribution is -2.32. The van der Waals surface area contributed by atoms with Gasteiger partial charge in [0.05, 0.1) is 11.4 Å². The largest absolute Gasteiger partial charge is 0.477 e. The molecule has 0 saturated carbocycles. The van der Waals surface area contributed by atoms with Gasteiger partial charge in [-0.3, -0.25) is 4.79 Å². The fourth-order valence-electron chi connectivity index (χ4n) is 2.13. The lowest BCUT2D eigenvalue weighted by atomic mass is 10.2. The van der Waals surface area contributed by atoms with Crippen molar-refractivity contribution in [1.29, 1.82) is 0 Å². The van der Waals surface area contributed by atoms with Crippen LogP contribution in [-0.4, -0.2) is 28.7 Å². The maximum absolute atomic E-state index is 12.5. The first-order valence-corrected chi connectivity index (χ1v) is 8.00. The van der Waals surface area contributed by atoms with E-state index in [1.807, 2.05) is 0 Å². The Morgan fingerprint density at radius 1 is 1.04 bits per heavy atom. The summed E-state index contributed by atoms with van der Waals surface area (Å²) in [5, 5.41) is 22.0. The Morgan fingerprint density at radius 2 is 1.60 bits per heavy atom. The molecule has 1 aliphatic heterocycles. The SMILES string of the molecule is O=C(O)C1=NN(c2ccc(S)cc2)C(=O)C1N=Nc1ccc(S)cc1. The molecule has 0 fully saturated rings. The van der Waals surface area contributed by atoms with Gasteiger partial charge in [-0.15, -0.1) is 25.3 Å². The second kappa shape index (κ2) is 7.08. The van der Waals surface area contributed by atoms with E-state index in [0.717, 1.165) is 9.90 Å². The van der Waals surface area contributed by atoms with E-state index in [4.69, 9.17) is 0 Å². The second-order valence-corrected chi connectivity index (χ2v) is 6.12. The van der Waals surface area contributed by atoms with E-state index in [9.17, 15) is 14.7 Å². The summed E-state index contributed by atoms with van der Waals surface area (Å²) >= 11 is 8.34. The molecule has 0 spiro atoms. The van der Waals surface area contributed by atoms with Gasteiger partial charge in [-0.2, -0.15) is 20.3 Å². The first-order valence-electron chi connectivity index (χ1n) is 7.10. The number of amides is 1. The standard InChI is InChI=1S/C16H12N4O3S2/c21-15-13(18-17-9-1-5-11(24)6-2-9)14(16(22)23)19-20(15)10-3-7-12(25)8-4-10/h1-8,13,24-25H,(H,22,23). The predicted molar refractivity (Wildman–Crippen MR) is 98.2 cm³/mol. The van der Waals surface area contributed by atoms with Crippen molar-refractivity contribution in [3.63, 3.8) is 0 Å². The molecular formula is C16H12N4O3S2. The zero-order chi connectivity index (χ0) is 18.0. The molecule has 1 N–H and O–H groups in total. The average Bonchev–Trinajstić information content (AvgIpc) is 2.92. The number of aliphatic carboxylic acids is 1. The van der Waals surface area contributed by atoms with Crippen molar-refractivity contribution >= 4 is 54.2 Å². The topological polar surface area (TPSA) is 94.7 Å². The molecule has 1 atom stereocenters. The number of carboxylic acids is 1. The number of nitrogens with zero attached hydrogens (tertiary/aromatic N) is 4. The van der Waals surface area contributed by atoms with Gasteiger partial charge in [0.1, 0.15) is 0 Å². The molecule has 126 valence electrons. The Balaban J connectivity index is 1.89. The quantitative estimate of drug-likeness (QED) is 0.568. The van der Waals surface area contributed by atoms with E-state index in [2.05, 4.69) is 40.6 Å². The molecule has 7 nitrogen and oxygen atoms in total. The Bertz CT molecular complexity index is 879. The summed E-state index contributed by atoms with van der Waals surface area (Å²) in [6, 6.07) is 12.0. The smallest absolute Gasteiger partial charge is 0.355 e. The monoisotopic (exact) mass is 372 g/mol. The summed E-state index contributed by atoms with van der Waals surface area (Å²) in [5.41, 5.74) is 0.529. The predicted octanol–water partition coefficient (Wildman–Crippen LogP) is 3.20. The summed E-state index contributed by atoms with van der Waals surface area (Å²) in [5.74, 6) is -1.91. The van der Waals surface area contributed by atoms with Crippen molar-refractivity contribution in [3.8, 4) is 0 Å². The van der Waals surface area contributed by atoms with Crippen LogP contribution in [-0.2, 0) is 9.59 Å². The zero-order valence-electron chi connectivity index (χ0n) is 12.6. The van der Waals surface area contributed by atoms with Gasteiger partial charge in [0, 0.05) is 9.79 Å². The number of hydrogen-bond donors (Lipinski definition) is 3. The van der Waals surface area contributed by atoms with Crippen LogP contribution in [0.1, 0.15) is 0 Å². The highest BCUT2D eigenvalue weighted by molar-refractivity contribution is 7.80. The molecule has 0 aromatic heterocycles. The van der Waals surface area contributed by atoms with Crippen LogP contribution in [0.5, 0.6) is 0 Å². The molecule has 9 heteroatoms. The van der Waals surface area contributed by atoms with Crippen LogP contribution in [0.4, 0.5) is 11.4 Å². The number of thiol groups is 2. The van der Waals surface area contributed by atoms with Crippen molar-refractivity contribution in [1.82, 2.24) is 0 Å². The number of anilines is 1. The van der Waals surface area contributed by atoms with Crippen LogP contribution in [0.3, 0.4) is 0 Å². The van der Waals surface area contributed by atoms with Crippen LogP contribution >= 0.6 is 25.3 Å². The van der Waals surface area contributed by atoms with Gasteiger partial charge in [0.25, 0.3) is 5.91 Å². The highest BCUT2D eigenvalue weighted by atomic mass is 32.1. The lowest BCUT2D eigenvalue weighted by molar-refractivity contribution is -0.130. The molecular weight excluding hydrogens is 360 g/mol. The number of azo groups is 1. The molecule has 2 aromatic rings. The van der Waals surface area contributed by atoms with Gasteiger partial charge in [-0.25, -0.2) is 4.79 Å². The number of benzene rings is 2. The normalized spacial score (nSPS) is 17.2. The first kappa shape index (κ1) is 17.2. The molecule has 0 saturated heterocycles. The van der Waals surface area contributed by atoms with Gasteiger partial charge >= 0.3 is 5.97 Å². The first-order chi connectivity index (χ1) is 12.0. The number of hydrogen-bond acceptors (Lipinski definition) is 7. The minimum Gasteiger partial charge on any atom is -0.477 e. The summed E-state index contributed by atoms with van der Waals surface area (Å²) in [7, 11) is 0. The maximum atomic E-state index is 12.5. The van der Waals surface area contributed by atoms with Crippen LogP contribution in [0.25, 0.3) is 0 Å². The van der Waals surface area contributed by atoms with Crippen LogP contribution in [0.2, 0.25) is 0 Å². The molecule has 25 heavy (non-hydrogen) atoms. The summed E-state index contributed by atoms with van der Waals surface area (Å²) in [4.78, 5) is 25.4. The van der Waals surface area contributed by atoms with Crippen molar-refractivity contribution in [2.24, 2.45) is 15.3 Å². The number of rotatable bonds is 4. The maximum Gasteiger partial charge on any atom is 0.355 e. The van der Waals surface area contributed by atoms with E-state index in [0.29, 0.717) is 16.3 Å². The Labute approximate surface area is 153 Å². The molecule has 0 bridgehead atoms. The molecule has 0 radical (unpaired) electrons. The van der Waals surface area contributed by atoms with E-state index >= 15 is 0 Å². The average molecular weight is 372 g/mol. The number of carbonyl (C=O) groups excluding carboxylic acids is 1. The lowest BCUT2D eigenvalue weighted by Gasteiger charge is -2.12. The molecule has 1 aliphatic rings. The minimum absolute atomic E-state index is 0.380. The fourth-order valence-corrected chi connectivity index (χ4v) is 2.43. The van der Waals surface area contributed by atoms with Crippen molar-refractivity contribution in [2.45, 2.75) is 15.8 Å². The summed E-state index contributed by atoms with van der Waals surface area (Å²) in [6.07, 6.45) is 0. The molecule has 1 amide bonds. The third kappa shape index (κ3) is 3.72. The molecule has 1 unspecified atom stereocenters. The van der Waals surface area contributed by atoms with Crippen LogP contribution in [0, 0.1) is 0 Å². The van der Waals surface area contributed by atoms with E-state index in [1.54, 1.807) is 48.5 Å². The highest BCUT2D eigenvalue weighted by Gasteiger charge is 2.41. The van der Waals surface area contributed by atoms with E-state index in [1.165, 1.54) is 0 Å². The van der Waals surface area contributed by atoms with Gasteiger partial charge in [0.2, 0.25) is 6.04 Å². The number of carboxylic acid groups (broad SMARTS) is 1.